The molecule has 0 bridgehead atoms. The molecule has 21 heavy (non-hydrogen) atoms. The summed E-state index contributed by atoms with van der Waals surface area (Å²) in [6.07, 6.45) is 8.81. The van der Waals surface area contributed by atoms with E-state index in [1.807, 2.05) is 0 Å². The van der Waals surface area contributed by atoms with E-state index in [9.17, 15) is 0 Å². The van der Waals surface area contributed by atoms with Crippen LogP contribution in [-0.2, 0) is 0 Å². The number of rotatable bonds is 0. The fourth-order valence-corrected chi connectivity index (χ4v) is 3.85. The Hall–Kier alpha value is -1.38. The van der Waals surface area contributed by atoms with Crippen LogP contribution in [0.3, 0.4) is 0 Å². The highest BCUT2D eigenvalue weighted by Gasteiger charge is 2.08. The fraction of sp³-hybridized carbons (Fsp3) is 0.0526. The predicted molar refractivity (Wildman–Crippen MR) is 99.2 cm³/mol. The van der Waals surface area contributed by atoms with E-state index < -0.39 is 0 Å². The van der Waals surface area contributed by atoms with Crippen molar-refractivity contribution in [2.75, 3.05) is 0 Å². The third-order valence-electron chi connectivity index (χ3n) is 3.95. The fourth-order valence-electron chi connectivity index (χ4n) is 3.05. The second kappa shape index (κ2) is 5.11. The van der Waals surface area contributed by atoms with Gasteiger partial charge >= 0.3 is 0 Å². The Morgan fingerprint density at radius 2 is 1.57 bits per heavy atom. The Morgan fingerprint density at radius 3 is 2.43 bits per heavy atom. The summed E-state index contributed by atoms with van der Waals surface area (Å²) in [6.45, 7) is 0. The molecule has 0 N–H and O–H groups in total. The van der Waals surface area contributed by atoms with Crippen LogP contribution in [-0.4, -0.2) is 4.83 Å². The molecular formula is C19H12Br2. The summed E-state index contributed by atoms with van der Waals surface area (Å²) < 4.78 is 1.12. The topological polar surface area (TPSA) is 0 Å². The molecule has 0 aliphatic heterocycles. The molecule has 1 aliphatic rings. The van der Waals surface area contributed by atoms with Crippen molar-refractivity contribution in [1.82, 2.24) is 0 Å². The molecule has 0 spiro atoms. The summed E-state index contributed by atoms with van der Waals surface area (Å²) in [5, 5.41) is 7.82. The number of allylic oxidation sites excluding steroid dienone is 2. The van der Waals surface area contributed by atoms with Gasteiger partial charge in [-0.2, -0.15) is 0 Å². The maximum absolute atomic E-state index is 3.70. The first kappa shape index (κ1) is 13.3. The van der Waals surface area contributed by atoms with Gasteiger partial charge in [0.15, 0.2) is 0 Å². The number of fused-ring (bicyclic) bond motifs is 6. The first-order valence-corrected chi connectivity index (χ1v) is 8.59. The largest absolute Gasteiger partial charge is 0.0799 e. The molecule has 4 rings (SSSR count). The van der Waals surface area contributed by atoms with Gasteiger partial charge in [0.05, 0.1) is 4.83 Å². The standard InChI is InChI=1S/C19H12Br2/c20-12-4-3-7-16-14-5-1-2-6-15(14)17-9-8-13(21)11-19(17)18(16)10-12/h1-12H. The van der Waals surface area contributed by atoms with Gasteiger partial charge in [0.25, 0.3) is 0 Å². The van der Waals surface area contributed by atoms with Crippen molar-refractivity contribution in [3.05, 3.63) is 69.5 Å². The average molecular weight is 400 g/mol. The molecule has 0 fully saturated rings. The molecule has 0 aromatic heterocycles. The van der Waals surface area contributed by atoms with E-state index in [-0.39, 0.29) is 4.83 Å². The van der Waals surface area contributed by atoms with Gasteiger partial charge in [-0.15, -0.1) is 0 Å². The molecule has 0 heterocycles. The summed E-state index contributed by atoms with van der Waals surface area (Å²) in [4.78, 5) is 0.262. The van der Waals surface area contributed by atoms with Gasteiger partial charge in [0, 0.05) is 4.47 Å². The first-order chi connectivity index (χ1) is 10.2. The maximum atomic E-state index is 3.70. The zero-order valence-corrected chi connectivity index (χ0v) is 14.4. The van der Waals surface area contributed by atoms with E-state index in [0.29, 0.717) is 0 Å². The second-order valence-electron chi connectivity index (χ2n) is 5.23. The van der Waals surface area contributed by atoms with Gasteiger partial charge in [-0.25, -0.2) is 0 Å². The van der Waals surface area contributed by atoms with E-state index in [0.717, 1.165) is 4.47 Å². The Morgan fingerprint density at radius 1 is 0.810 bits per heavy atom. The lowest BCUT2D eigenvalue weighted by Crippen LogP contribution is -2.26. The van der Waals surface area contributed by atoms with Crippen LogP contribution in [0.4, 0.5) is 0 Å². The molecule has 0 amide bonds. The highest BCUT2D eigenvalue weighted by atomic mass is 79.9. The third-order valence-corrected chi connectivity index (χ3v) is 5.02. The highest BCUT2D eigenvalue weighted by molar-refractivity contribution is 9.10. The smallest absolute Gasteiger partial charge is 0.0518 e. The Bertz CT molecular complexity index is 1010. The quantitative estimate of drug-likeness (QED) is 0.381. The van der Waals surface area contributed by atoms with Crippen LogP contribution in [0.15, 0.2) is 59.1 Å². The Balaban J connectivity index is 2.39. The molecule has 3 aromatic carbocycles. The minimum atomic E-state index is 0.262. The molecule has 1 unspecified atom stereocenters. The maximum Gasteiger partial charge on any atom is 0.0518 e. The van der Waals surface area contributed by atoms with Crippen molar-refractivity contribution >= 4 is 65.6 Å². The SMILES string of the molecule is Brc1ccc2c(c1)c1c(c3ccccc32)=CC=CC(Br)C=1. The lowest BCUT2D eigenvalue weighted by Gasteiger charge is -2.08. The lowest BCUT2D eigenvalue weighted by molar-refractivity contribution is 1.53. The minimum absolute atomic E-state index is 0.262. The van der Waals surface area contributed by atoms with Crippen molar-refractivity contribution in [2.45, 2.75) is 4.83 Å². The van der Waals surface area contributed by atoms with Crippen molar-refractivity contribution in [1.29, 1.82) is 0 Å². The minimum Gasteiger partial charge on any atom is -0.0799 e. The number of hydrogen-bond acceptors (Lipinski definition) is 0. The Kier molecular flexibility index (Phi) is 3.24. The number of halogens is 2. The summed E-state index contributed by atoms with van der Waals surface area (Å²) in [6, 6.07) is 15.2. The van der Waals surface area contributed by atoms with Gasteiger partial charge < -0.3 is 0 Å². The van der Waals surface area contributed by atoms with Crippen LogP contribution in [0.1, 0.15) is 0 Å². The molecule has 0 saturated carbocycles. The van der Waals surface area contributed by atoms with Crippen LogP contribution in [0.25, 0.3) is 33.7 Å². The molecule has 102 valence electrons. The second-order valence-corrected chi connectivity index (χ2v) is 7.20. The van der Waals surface area contributed by atoms with Gasteiger partial charge in [-0.1, -0.05) is 86.5 Å². The molecule has 2 heteroatoms. The molecule has 0 saturated heterocycles. The van der Waals surface area contributed by atoms with E-state index in [1.165, 1.54) is 32.0 Å². The predicted octanol–water partition coefficient (Wildman–Crippen LogP) is 4.65. The number of alkyl halides is 1. The Labute approximate surface area is 139 Å². The summed E-state index contributed by atoms with van der Waals surface area (Å²) in [5.41, 5.74) is 0. The zero-order valence-electron chi connectivity index (χ0n) is 11.2. The van der Waals surface area contributed by atoms with E-state index in [4.69, 9.17) is 0 Å². The number of hydrogen-bond donors (Lipinski definition) is 0. The zero-order chi connectivity index (χ0) is 14.4. The van der Waals surface area contributed by atoms with Crippen LogP contribution in [0, 0.1) is 0 Å². The molecule has 0 radical (unpaired) electrons. The van der Waals surface area contributed by atoms with Crippen LogP contribution >= 0.6 is 31.9 Å². The summed E-state index contributed by atoms with van der Waals surface area (Å²) in [5.74, 6) is 0. The van der Waals surface area contributed by atoms with Crippen molar-refractivity contribution in [3.8, 4) is 0 Å². The monoisotopic (exact) mass is 398 g/mol. The van der Waals surface area contributed by atoms with Gasteiger partial charge in [0.2, 0.25) is 0 Å². The van der Waals surface area contributed by atoms with Crippen LogP contribution in [0.5, 0.6) is 0 Å². The van der Waals surface area contributed by atoms with Gasteiger partial charge in [-0.3, -0.25) is 0 Å². The molecule has 1 atom stereocenters. The van der Waals surface area contributed by atoms with Crippen molar-refractivity contribution in [3.63, 3.8) is 0 Å². The van der Waals surface area contributed by atoms with E-state index in [1.54, 1.807) is 0 Å². The van der Waals surface area contributed by atoms with Gasteiger partial charge in [-0.05, 0) is 44.1 Å². The summed E-state index contributed by atoms with van der Waals surface area (Å²) in [7, 11) is 0. The molecular weight excluding hydrogens is 388 g/mol. The van der Waals surface area contributed by atoms with E-state index in [2.05, 4.69) is 98.6 Å². The normalized spacial score (nSPS) is 17.1. The first-order valence-electron chi connectivity index (χ1n) is 6.88. The molecule has 0 nitrogen and oxygen atoms in total. The lowest BCUT2D eigenvalue weighted by atomic mass is 9.97. The molecule has 3 aromatic rings. The molecule has 1 aliphatic carbocycles. The highest BCUT2D eigenvalue weighted by Crippen LogP contribution is 2.24. The van der Waals surface area contributed by atoms with Crippen molar-refractivity contribution in [2.24, 2.45) is 0 Å². The number of benzene rings is 3. The van der Waals surface area contributed by atoms with Crippen molar-refractivity contribution < 1.29 is 0 Å². The van der Waals surface area contributed by atoms with E-state index >= 15 is 0 Å². The average Bonchev–Trinajstić information content (AvgIpc) is 2.69. The van der Waals surface area contributed by atoms with Crippen LogP contribution in [0.2, 0.25) is 0 Å². The summed E-state index contributed by atoms with van der Waals surface area (Å²) >= 11 is 7.31. The van der Waals surface area contributed by atoms with Gasteiger partial charge in [0.1, 0.15) is 0 Å². The van der Waals surface area contributed by atoms with Crippen LogP contribution < -0.4 is 10.4 Å². The third kappa shape index (κ3) is 2.18.